The smallest absolute Gasteiger partial charge is 0.405 e. The van der Waals surface area contributed by atoms with Crippen LogP contribution in [0.5, 0.6) is 5.75 Å². The number of rotatable bonds is 4. The van der Waals surface area contributed by atoms with Gasteiger partial charge in [0.05, 0.1) is 30.9 Å². The summed E-state index contributed by atoms with van der Waals surface area (Å²) in [7, 11) is 1.36. The summed E-state index contributed by atoms with van der Waals surface area (Å²) in [6, 6.07) is 6.07. The first-order valence-electron chi connectivity index (χ1n) is 10.7. The van der Waals surface area contributed by atoms with Crippen LogP contribution in [0.4, 0.5) is 21.0 Å². The fourth-order valence-corrected chi connectivity index (χ4v) is 4.79. The van der Waals surface area contributed by atoms with Crippen LogP contribution >= 0.6 is 0 Å². The Balaban J connectivity index is 2.18. The Morgan fingerprint density at radius 2 is 2.03 bits per heavy atom. The van der Waals surface area contributed by atoms with Crippen LogP contribution in [0.1, 0.15) is 39.7 Å². The molecule has 3 rings (SSSR count). The number of ether oxygens (including phenoxy) is 1. The van der Waals surface area contributed by atoms with E-state index in [1.165, 1.54) is 13.2 Å². The van der Waals surface area contributed by atoms with E-state index >= 15 is 0 Å². The Labute approximate surface area is 192 Å². The number of quaternary nitrogens is 1. The van der Waals surface area contributed by atoms with Gasteiger partial charge in [-0.25, -0.2) is 14.2 Å². The Morgan fingerprint density at radius 3 is 2.61 bits per heavy atom. The molecule has 3 atom stereocenters. The molecule has 1 aliphatic rings. The Hall–Kier alpha value is -3.45. The van der Waals surface area contributed by atoms with Crippen LogP contribution in [0.2, 0.25) is 0 Å². The van der Waals surface area contributed by atoms with Gasteiger partial charge in [-0.2, -0.15) is 10.2 Å². The van der Waals surface area contributed by atoms with Crippen molar-refractivity contribution in [3.05, 3.63) is 29.6 Å². The van der Waals surface area contributed by atoms with E-state index in [2.05, 4.69) is 43.0 Å². The number of carboxylic acid groups (broad SMARTS) is 1. The molecule has 0 spiro atoms. The Kier molecular flexibility index (Phi) is 6.47. The minimum absolute atomic E-state index is 0.0222. The molecule has 9 nitrogen and oxygen atoms in total. The largest absolute Gasteiger partial charge is 0.495 e. The standard InChI is InChI=1S/C23H29FN6O3/c1-13-6-15(27-22(31)32)12-30(11-13,23(2,3)4)20-9-18(28-21(26)29-20)14-7-17(24)16(10-25)19(8-14)33-5/h7-9,13,15,27H,6,11-12H2,1-5H3,(H2-,26,28,29,31,32)/p+1/t13-,15-,30?/m1/s1. The number of nitrogens with one attached hydrogen (secondary N) is 1. The van der Waals surface area contributed by atoms with Crippen molar-refractivity contribution >= 4 is 17.9 Å². The molecule has 10 heteroatoms. The summed E-state index contributed by atoms with van der Waals surface area (Å²) in [6.07, 6.45) is -0.349. The number of nitrogens with two attached hydrogens (primary N) is 1. The van der Waals surface area contributed by atoms with E-state index < -0.39 is 11.9 Å². The van der Waals surface area contributed by atoms with Crippen LogP contribution in [0.15, 0.2) is 18.2 Å². The second kappa shape index (κ2) is 8.83. The third-order valence-corrected chi connectivity index (χ3v) is 6.30. The normalized spacial score (nSPS) is 22.9. The molecule has 0 aliphatic carbocycles. The molecule has 176 valence electrons. The first kappa shape index (κ1) is 24.2. The van der Waals surface area contributed by atoms with Crippen molar-refractivity contribution in [3.8, 4) is 23.1 Å². The number of nitrogen functional groups attached to an aromatic ring is 1. The highest BCUT2D eigenvalue weighted by molar-refractivity contribution is 5.68. The summed E-state index contributed by atoms with van der Waals surface area (Å²) in [5.74, 6) is 0.235. The minimum atomic E-state index is -1.07. The maximum atomic E-state index is 14.6. The molecular formula is C23H30FN6O3+. The molecule has 33 heavy (non-hydrogen) atoms. The van der Waals surface area contributed by atoms with E-state index in [1.54, 1.807) is 18.2 Å². The van der Waals surface area contributed by atoms with Gasteiger partial charge in [0.2, 0.25) is 11.8 Å². The lowest BCUT2D eigenvalue weighted by atomic mass is 9.87. The van der Waals surface area contributed by atoms with E-state index in [0.29, 0.717) is 34.5 Å². The van der Waals surface area contributed by atoms with Crippen LogP contribution in [0.25, 0.3) is 11.3 Å². The number of methoxy groups -OCH3 is 1. The quantitative estimate of drug-likeness (QED) is 0.598. The number of piperidine rings is 1. The number of nitriles is 1. The number of amides is 1. The van der Waals surface area contributed by atoms with Gasteiger partial charge in [-0.15, -0.1) is 0 Å². The Bertz CT molecular complexity index is 1110. The molecule has 0 radical (unpaired) electrons. The third-order valence-electron chi connectivity index (χ3n) is 6.30. The monoisotopic (exact) mass is 457 g/mol. The molecule has 0 saturated carbocycles. The van der Waals surface area contributed by atoms with Crippen LogP contribution < -0.4 is 20.3 Å². The van der Waals surface area contributed by atoms with Crippen molar-refractivity contribution in [2.75, 3.05) is 25.9 Å². The third kappa shape index (κ3) is 4.68. The van der Waals surface area contributed by atoms with Gasteiger partial charge in [-0.05, 0) is 39.3 Å². The predicted molar refractivity (Wildman–Crippen MR) is 123 cm³/mol. The number of likely N-dealkylation sites (tertiary alicyclic amines) is 1. The van der Waals surface area contributed by atoms with Crippen molar-refractivity contribution in [1.82, 2.24) is 19.8 Å². The maximum absolute atomic E-state index is 14.6. The zero-order valence-electron chi connectivity index (χ0n) is 19.5. The number of hydrogen-bond acceptors (Lipinski definition) is 6. The number of nitrogens with zero attached hydrogens (tertiary/aromatic N) is 4. The average molecular weight is 458 g/mol. The summed E-state index contributed by atoms with van der Waals surface area (Å²) in [5.41, 5.74) is 6.36. The highest BCUT2D eigenvalue weighted by atomic mass is 19.1. The number of halogens is 1. The summed E-state index contributed by atoms with van der Waals surface area (Å²) in [5, 5.41) is 21.2. The van der Waals surface area contributed by atoms with Crippen LogP contribution in [-0.4, -0.2) is 52.9 Å². The van der Waals surface area contributed by atoms with Gasteiger partial charge in [0.15, 0.2) is 0 Å². The number of hydrogen-bond donors (Lipinski definition) is 3. The molecule has 1 saturated heterocycles. The predicted octanol–water partition coefficient (Wildman–Crippen LogP) is 3.53. The van der Waals surface area contributed by atoms with E-state index in [0.717, 1.165) is 6.54 Å². The average Bonchev–Trinajstić information content (AvgIpc) is 2.70. The van der Waals surface area contributed by atoms with Gasteiger partial charge in [0, 0.05) is 17.5 Å². The second-order valence-electron chi connectivity index (χ2n) is 9.61. The highest BCUT2D eigenvalue weighted by Gasteiger charge is 2.50. The second-order valence-corrected chi connectivity index (χ2v) is 9.61. The first-order chi connectivity index (χ1) is 15.4. The van der Waals surface area contributed by atoms with Gasteiger partial charge in [0.1, 0.15) is 29.7 Å². The maximum Gasteiger partial charge on any atom is 0.405 e. The van der Waals surface area contributed by atoms with Crippen LogP contribution in [-0.2, 0) is 0 Å². The summed E-state index contributed by atoms with van der Waals surface area (Å²) in [6.45, 7) is 9.52. The molecule has 1 fully saturated rings. The van der Waals surface area contributed by atoms with E-state index in [1.807, 2.05) is 0 Å². The van der Waals surface area contributed by atoms with Gasteiger partial charge >= 0.3 is 6.09 Å². The lowest BCUT2D eigenvalue weighted by Gasteiger charge is -2.52. The molecular weight excluding hydrogens is 427 g/mol. The minimum Gasteiger partial charge on any atom is -0.495 e. The highest BCUT2D eigenvalue weighted by Crippen LogP contribution is 2.40. The van der Waals surface area contributed by atoms with Crippen molar-refractivity contribution < 1.29 is 19.0 Å². The molecule has 4 N–H and O–H groups in total. The lowest BCUT2D eigenvalue weighted by Crippen LogP contribution is -2.70. The van der Waals surface area contributed by atoms with Gasteiger partial charge < -0.3 is 20.9 Å². The molecule has 0 bridgehead atoms. The molecule has 1 aromatic heterocycles. The van der Waals surface area contributed by atoms with Crippen molar-refractivity contribution in [2.45, 2.75) is 45.7 Å². The molecule has 1 aromatic carbocycles. The van der Waals surface area contributed by atoms with Gasteiger partial charge in [-0.1, -0.05) is 6.92 Å². The lowest BCUT2D eigenvalue weighted by molar-refractivity contribution is 0.0652. The zero-order valence-corrected chi connectivity index (χ0v) is 19.5. The molecule has 2 heterocycles. The van der Waals surface area contributed by atoms with E-state index in [-0.39, 0.29) is 34.8 Å². The number of benzene rings is 1. The zero-order chi connectivity index (χ0) is 24.6. The fraction of sp³-hybridized carbons (Fsp3) is 0.478. The number of carbonyl (C=O) groups is 1. The number of aromatic nitrogens is 2. The van der Waals surface area contributed by atoms with Crippen LogP contribution in [0, 0.1) is 23.1 Å². The number of anilines is 1. The topological polar surface area (TPSA) is 134 Å². The first-order valence-corrected chi connectivity index (χ1v) is 10.7. The van der Waals surface area contributed by atoms with Gasteiger partial charge in [-0.3, -0.25) is 4.48 Å². The van der Waals surface area contributed by atoms with Crippen molar-refractivity contribution in [1.29, 1.82) is 5.26 Å². The molecule has 1 unspecified atom stereocenters. The van der Waals surface area contributed by atoms with E-state index in [9.17, 15) is 19.6 Å². The molecule has 1 aliphatic heterocycles. The SMILES string of the molecule is COc1cc(-c2cc([N+]3(C(C)(C)C)C[C@H](C)C[C@@H](NC(=O)O)C3)nc(N)n2)cc(F)c1C#N. The van der Waals surface area contributed by atoms with Crippen LogP contribution in [0.3, 0.4) is 0 Å². The summed E-state index contributed by atoms with van der Waals surface area (Å²) >= 11 is 0. The van der Waals surface area contributed by atoms with Crippen molar-refractivity contribution in [2.24, 2.45) is 5.92 Å². The van der Waals surface area contributed by atoms with Gasteiger partial charge in [0.25, 0.3) is 0 Å². The molecule has 2 aromatic rings. The summed E-state index contributed by atoms with van der Waals surface area (Å²) in [4.78, 5) is 20.2. The summed E-state index contributed by atoms with van der Waals surface area (Å²) < 4.78 is 20.1. The van der Waals surface area contributed by atoms with E-state index in [4.69, 9.17) is 10.5 Å². The Morgan fingerprint density at radius 1 is 1.33 bits per heavy atom. The van der Waals surface area contributed by atoms with Crippen molar-refractivity contribution in [3.63, 3.8) is 0 Å². The molecule has 1 amide bonds. The fourth-order valence-electron chi connectivity index (χ4n) is 4.79.